The van der Waals surface area contributed by atoms with Crippen molar-refractivity contribution in [2.75, 3.05) is 0 Å². The summed E-state index contributed by atoms with van der Waals surface area (Å²) in [4.78, 5) is 0. The Bertz CT molecular complexity index is 573. The average molecular weight is 278 g/mol. The molecule has 2 N–H and O–H groups in total. The molecule has 2 aromatic rings. The predicted molar refractivity (Wildman–Crippen MR) is 79.3 cm³/mol. The SMILES string of the molecule is CCn1nc(C)cc1CC(C)(N)c1cccc(Cl)c1. The molecule has 0 aliphatic carbocycles. The number of nitrogens with two attached hydrogens (primary N) is 1. The Balaban J connectivity index is 2.30. The first-order chi connectivity index (χ1) is 8.92. The largest absolute Gasteiger partial charge is 0.321 e. The predicted octanol–water partition coefficient (Wildman–Crippen LogP) is 3.28. The Morgan fingerprint density at radius 2 is 2.11 bits per heavy atom. The molecule has 0 aliphatic heterocycles. The van der Waals surface area contributed by atoms with E-state index in [1.807, 2.05) is 42.8 Å². The molecule has 3 nitrogen and oxygen atoms in total. The van der Waals surface area contributed by atoms with E-state index in [0.717, 1.165) is 29.9 Å². The first-order valence-electron chi connectivity index (χ1n) is 6.50. The average Bonchev–Trinajstić information content (AvgIpc) is 2.68. The van der Waals surface area contributed by atoms with Crippen molar-refractivity contribution in [3.63, 3.8) is 0 Å². The first-order valence-corrected chi connectivity index (χ1v) is 6.88. The van der Waals surface area contributed by atoms with E-state index in [-0.39, 0.29) is 0 Å². The number of hydrogen-bond donors (Lipinski definition) is 1. The molecular formula is C15H20ClN3. The molecule has 1 unspecified atom stereocenters. The van der Waals surface area contributed by atoms with Crippen molar-refractivity contribution in [2.45, 2.75) is 39.3 Å². The molecule has 2 rings (SSSR count). The zero-order valence-electron chi connectivity index (χ0n) is 11.7. The lowest BCUT2D eigenvalue weighted by atomic mass is 9.88. The van der Waals surface area contributed by atoms with Crippen LogP contribution < -0.4 is 5.73 Å². The van der Waals surface area contributed by atoms with Gasteiger partial charge in [0, 0.05) is 29.2 Å². The van der Waals surface area contributed by atoms with Crippen LogP contribution in [-0.2, 0) is 18.5 Å². The Morgan fingerprint density at radius 3 is 2.74 bits per heavy atom. The van der Waals surface area contributed by atoms with Crippen LogP contribution in [0.2, 0.25) is 5.02 Å². The molecule has 4 heteroatoms. The van der Waals surface area contributed by atoms with Gasteiger partial charge in [0.15, 0.2) is 0 Å². The Morgan fingerprint density at radius 1 is 1.37 bits per heavy atom. The number of aromatic nitrogens is 2. The highest BCUT2D eigenvalue weighted by molar-refractivity contribution is 6.30. The normalized spacial score (nSPS) is 14.4. The van der Waals surface area contributed by atoms with E-state index in [1.165, 1.54) is 0 Å². The van der Waals surface area contributed by atoms with Crippen molar-refractivity contribution in [3.8, 4) is 0 Å². The van der Waals surface area contributed by atoms with Gasteiger partial charge in [-0.2, -0.15) is 5.10 Å². The smallest absolute Gasteiger partial charge is 0.0596 e. The maximum Gasteiger partial charge on any atom is 0.0596 e. The molecular weight excluding hydrogens is 258 g/mol. The fraction of sp³-hybridized carbons (Fsp3) is 0.400. The molecule has 1 aromatic carbocycles. The second kappa shape index (κ2) is 5.35. The number of rotatable bonds is 4. The molecule has 19 heavy (non-hydrogen) atoms. The summed E-state index contributed by atoms with van der Waals surface area (Å²) in [5.41, 5.74) is 9.25. The lowest BCUT2D eigenvalue weighted by molar-refractivity contribution is 0.464. The van der Waals surface area contributed by atoms with Gasteiger partial charge in [0.05, 0.1) is 5.69 Å². The van der Waals surface area contributed by atoms with Crippen molar-refractivity contribution >= 4 is 11.6 Å². The Hall–Kier alpha value is -1.32. The summed E-state index contributed by atoms with van der Waals surface area (Å²) in [6.45, 7) is 6.97. The number of aryl methyl sites for hydroxylation is 2. The van der Waals surface area contributed by atoms with Gasteiger partial charge in [0.2, 0.25) is 0 Å². The lowest BCUT2D eigenvalue weighted by Gasteiger charge is -2.25. The third kappa shape index (κ3) is 3.17. The van der Waals surface area contributed by atoms with Crippen molar-refractivity contribution in [3.05, 3.63) is 52.3 Å². The van der Waals surface area contributed by atoms with Crippen LogP contribution in [-0.4, -0.2) is 9.78 Å². The topological polar surface area (TPSA) is 43.8 Å². The molecule has 0 amide bonds. The molecule has 0 aliphatic rings. The summed E-state index contributed by atoms with van der Waals surface area (Å²) in [5.74, 6) is 0. The van der Waals surface area contributed by atoms with Gasteiger partial charge in [-0.05, 0) is 44.5 Å². The second-order valence-electron chi connectivity index (χ2n) is 5.20. The van der Waals surface area contributed by atoms with E-state index in [0.29, 0.717) is 5.02 Å². The van der Waals surface area contributed by atoms with Gasteiger partial charge in [-0.3, -0.25) is 4.68 Å². The van der Waals surface area contributed by atoms with Gasteiger partial charge in [0.1, 0.15) is 0 Å². The second-order valence-corrected chi connectivity index (χ2v) is 5.63. The van der Waals surface area contributed by atoms with Gasteiger partial charge in [-0.25, -0.2) is 0 Å². The molecule has 1 atom stereocenters. The molecule has 0 bridgehead atoms. The fourth-order valence-electron chi connectivity index (χ4n) is 2.34. The van der Waals surface area contributed by atoms with Crippen LogP contribution in [0.25, 0.3) is 0 Å². The summed E-state index contributed by atoms with van der Waals surface area (Å²) >= 11 is 6.04. The highest BCUT2D eigenvalue weighted by atomic mass is 35.5. The molecule has 0 fully saturated rings. The highest BCUT2D eigenvalue weighted by Crippen LogP contribution is 2.25. The molecule has 102 valence electrons. The van der Waals surface area contributed by atoms with E-state index < -0.39 is 5.54 Å². The number of halogens is 1. The molecule has 0 spiro atoms. The zero-order chi connectivity index (χ0) is 14.0. The molecule has 0 saturated heterocycles. The van der Waals surface area contributed by atoms with Crippen molar-refractivity contribution in [1.82, 2.24) is 9.78 Å². The minimum atomic E-state index is -0.454. The summed E-state index contributed by atoms with van der Waals surface area (Å²) < 4.78 is 2.00. The van der Waals surface area contributed by atoms with Crippen LogP contribution >= 0.6 is 11.6 Å². The van der Waals surface area contributed by atoms with Crippen LogP contribution in [0.15, 0.2) is 30.3 Å². The van der Waals surface area contributed by atoms with E-state index in [1.54, 1.807) is 0 Å². The van der Waals surface area contributed by atoms with E-state index in [9.17, 15) is 0 Å². The van der Waals surface area contributed by atoms with E-state index in [2.05, 4.69) is 18.1 Å². The fourth-order valence-corrected chi connectivity index (χ4v) is 2.53. The van der Waals surface area contributed by atoms with Crippen LogP contribution in [0.1, 0.15) is 30.8 Å². The summed E-state index contributed by atoms with van der Waals surface area (Å²) in [7, 11) is 0. The lowest BCUT2D eigenvalue weighted by Crippen LogP contribution is -2.36. The van der Waals surface area contributed by atoms with Crippen molar-refractivity contribution < 1.29 is 0 Å². The number of hydrogen-bond acceptors (Lipinski definition) is 2. The summed E-state index contributed by atoms with van der Waals surface area (Å²) in [5, 5.41) is 5.18. The Labute approximate surface area is 119 Å². The van der Waals surface area contributed by atoms with Crippen LogP contribution in [0.3, 0.4) is 0 Å². The van der Waals surface area contributed by atoms with Gasteiger partial charge < -0.3 is 5.73 Å². The zero-order valence-corrected chi connectivity index (χ0v) is 12.4. The maximum absolute atomic E-state index is 6.47. The third-order valence-electron chi connectivity index (χ3n) is 3.32. The molecule has 0 saturated carbocycles. The summed E-state index contributed by atoms with van der Waals surface area (Å²) in [6, 6.07) is 9.85. The van der Waals surface area contributed by atoms with Crippen molar-refractivity contribution in [2.24, 2.45) is 5.73 Å². The van der Waals surface area contributed by atoms with Crippen LogP contribution in [0, 0.1) is 6.92 Å². The molecule has 1 heterocycles. The van der Waals surface area contributed by atoms with Gasteiger partial charge >= 0.3 is 0 Å². The van der Waals surface area contributed by atoms with Gasteiger partial charge in [-0.15, -0.1) is 0 Å². The van der Waals surface area contributed by atoms with Gasteiger partial charge in [0.25, 0.3) is 0 Å². The minimum Gasteiger partial charge on any atom is -0.321 e. The molecule has 0 radical (unpaired) electrons. The highest BCUT2D eigenvalue weighted by Gasteiger charge is 2.24. The summed E-state index contributed by atoms with van der Waals surface area (Å²) in [6.07, 6.45) is 0.738. The van der Waals surface area contributed by atoms with Crippen LogP contribution in [0.5, 0.6) is 0 Å². The standard InChI is InChI=1S/C15H20ClN3/c1-4-19-14(8-11(2)18-19)10-15(3,17)12-6-5-7-13(16)9-12/h5-9H,4,10,17H2,1-3H3. The third-order valence-corrected chi connectivity index (χ3v) is 3.55. The molecule has 1 aromatic heterocycles. The van der Waals surface area contributed by atoms with E-state index >= 15 is 0 Å². The Kier molecular flexibility index (Phi) is 3.97. The maximum atomic E-state index is 6.47. The monoisotopic (exact) mass is 277 g/mol. The minimum absolute atomic E-state index is 0.454. The van der Waals surface area contributed by atoms with Crippen LogP contribution in [0.4, 0.5) is 0 Å². The number of nitrogens with zero attached hydrogens (tertiary/aromatic N) is 2. The van der Waals surface area contributed by atoms with Crippen molar-refractivity contribution in [1.29, 1.82) is 0 Å². The van der Waals surface area contributed by atoms with E-state index in [4.69, 9.17) is 17.3 Å². The number of benzene rings is 1. The quantitative estimate of drug-likeness (QED) is 0.932. The first kappa shape index (κ1) is 14.1. The van der Waals surface area contributed by atoms with Gasteiger partial charge in [-0.1, -0.05) is 23.7 Å².